The zero-order chi connectivity index (χ0) is 19.1. The zero-order valence-electron chi connectivity index (χ0n) is 15.6. The smallest absolute Gasteiger partial charge is 0.320 e. The molecule has 0 aliphatic carbocycles. The Hall–Kier alpha value is -2.44. The van der Waals surface area contributed by atoms with E-state index in [1.807, 2.05) is 49.4 Å². The number of pyridine rings is 1. The van der Waals surface area contributed by atoms with Crippen LogP contribution in [-0.2, 0) is 11.3 Å². The summed E-state index contributed by atoms with van der Waals surface area (Å²) in [7, 11) is 0. The van der Waals surface area contributed by atoms with Crippen LogP contribution >= 0.6 is 0 Å². The van der Waals surface area contributed by atoms with Gasteiger partial charge in [-0.2, -0.15) is 0 Å². The van der Waals surface area contributed by atoms with Crippen molar-refractivity contribution >= 4 is 5.97 Å². The molecule has 6 heteroatoms. The monoisotopic (exact) mass is 369 g/mol. The molecule has 1 saturated heterocycles. The highest BCUT2D eigenvalue weighted by Gasteiger charge is 2.28. The third-order valence-corrected chi connectivity index (χ3v) is 4.89. The van der Waals surface area contributed by atoms with Crippen LogP contribution in [0.25, 0.3) is 0 Å². The van der Waals surface area contributed by atoms with Crippen molar-refractivity contribution in [1.82, 2.24) is 15.6 Å². The molecule has 2 heterocycles. The number of benzene rings is 1. The first-order valence-corrected chi connectivity index (χ1v) is 9.53. The fourth-order valence-electron chi connectivity index (χ4n) is 3.34. The van der Waals surface area contributed by atoms with Crippen LogP contribution in [-0.4, -0.2) is 34.7 Å². The molecule has 6 nitrogen and oxygen atoms in total. The number of carboxylic acids is 1. The molecule has 0 bridgehead atoms. The lowest BCUT2D eigenvalue weighted by Crippen LogP contribution is -2.35. The molecule has 0 saturated carbocycles. The van der Waals surface area contributed by atoms with Gasteiger partial charge < -0.3 is 20.5 Å². The predicted molar refractivity (Wildman–Crippen MR) is 104 cm³/mol. The molecule has 0 radical (unpaired) electrons. The van der Waals surface area contributed by atoms with E-state index in [0.717, 1.165) is 36.4 Å². The highest BCUT2D eigenvalue weighted by molar-refractivity contribution is 5.73. The summed E-state index contributed by atoms with van der Waals surface area (Å²) in [5, 5.41) is 15.7. The first kappa shape index (κ1) is 19.3. The van der Waals surface area contributed by atoms with Crippen LogP contribution in [0.3, 0.4) is 0 Å². The molecule has 1 aromatic heterocycles. The number of carbonyl (C=O) groups is 1. The van der Waals surface area contributed by atoms with Crippen molar-refractivity contribution in [3.63, 3.8) is 0 Å². The average molecular weight is 369 g/mol. The fourth-order valence-corrected chi connectivity index (χ4v) is 3.34. The summed E-state index contributed by atoms with van der Waals surface area (Å²) in [6.07, 6.45) is 4.42. The van der Waals surface area contributed by atoms with Crippen molar-refractivity contribution in [3.8, 4) is 5.75 Å². The Kier molecular flexibility index (Phi) is 6.79. The maximum absolute atomic E-state index is 11.1. The third-order valence-electron chi connectivity index (χ3n) is 4.89. The molecule has 3 rings (SSSR count). The van der Waals surface area contributed by atoms with E-state index in [1.54, 1.807) is 6.20 Å². The van der Waals surface area contributed by atoms with Crippen molar-refractivity contribution in [2.24, 2.45) is 0 Å². The van der Waals surface area contributed by atoms with Gasteiger partial charge in [0, 0.05) is 18.8 Å². The van der Waals surface area contributed by atoms with Gasteiger partial charge in [-0.15, -0.1) is 0 Å². The number of nitrogens with one attached hydrogen (secondary N) is 2. The number of aliphatic carboxylic acids is 1. The minimum absolute atomic E-state index is 0.130. The van der Waals surface area contributed by atoms with Gasteiger partial charge >= 0.3 is 5.97 Å². The Balaban J connectivity index is 1.65. The quantitative estimate of drug-likeness (QED) is 0.630. The Morgan fingerprint density at radius 1 is 1.33 bits per heavy atom. The maximum atomic E-state index is 11.1. The van der Waals surface area contributed by atoms with Crippen LogP contribution in [0.1, 0.15) is 43.5 Å². The molecular formula is C21H27N3O3. The topological polar surface area (TPSA) is 83.5 Å². The minimum Gasteiger partial charge on any atom is -0.482 e. The molecule has 3 N–H and O–H groups in total. The Morgan fingerprint density at radius 2 is 2.15 bits per heavy atom. The summed E-state index contributed by atoms with van der Waals surface area (Å²) >= 11 is 0. The Morgan fingerprint density at radius 3 is 2.74 bits per heavy atom. The molecular weight excluding hydrogens is 342 g/mol. The first-order valence-electron chi connectivity index (χ1n) is 9.53. The van der Waals surface area contributed by atoms with E-state index < -0.39 is 12.0 Å². The number of nitrogens with zero attached hydrogens (tertiary/aromatic N) is 1. The van der Waals surface area contributed by atoms with Gasteiger partial charge in [-0.3, -0.25) is 9.78 Å². The molecule has 3 atom stereocenters. The van der Waals surface area contributed by atoms with E-state index in [-0.39, 0.29) is 12.1 Å². The van der Waals surface area contributed by atoms with Crippen molar-refractivity contribution in [1.29, 1.82) is 0 Å². The van der Waals surface area contributed by atoms with Crippen LogP contribution in [0.4, 0.5) is 0 Å². The van der Waals surface area contributed by atoms with E-state index >= 15 is 0 Å². The summed E-state index contributed by atoms with van der Waals surface area (Å²) in [6.45, 7) is 3.38. The van der Waals surface area contributed by atoms with Gasteiger partial charge in [0.1, 0.15) is 11.8 Å². The standard InChI is InChI=1S/C21H27N3O3/c1-2-17(21(25)26)24-14-15-8-10-16(11-9-15)27-20(19-7-5-13-23-19)18-6-3-4-12-22-18/h3-4,6,8-12,17,19-20,23-24H,2,5,7,13-14H2,1H3,(H,25,26). The number of carboxylic acid groups (broad SMARTS) is 1. The Bertz CT molecular complexity index is 715. The van der Waals surface area contributed by atoms with E-state index in [4.69, 9.17) is 9.84 Å². The summed E-state index contributed by atoms with van der Waals surface area (Å²) in [5.41, 5.74) is 1.95. The second-order valence-electron chi connectivity index (χ2n) is 6.82. The third kappa shape index (κ3) is 5.28. The molecule has 144 valence electrons. The lowest BCUT2D eigenvalue weighted by molar-refractivity contribution is -0.139. The largest absolute Gasteiger partial charge is 0.482 e. The summed E-state index contributed by atoms with van der Waals surface area (Å²) in [5.74, 6) is -0.0342. The number of rotatable bonds is 9. The summed E-state index contributed by atoms with van der Waals surface area (Å²) in [4.78, 5) is 15.6. The minimum atomic E-state index is -0.820. The molecule has 1 aromatic carbocycles. The van der Waals surface area contributed by atoms with Gasteiger partial charge in [0.05, 0.1) is 5.69 Å². The lowest BCUT2D eigenvalue weighted by Gasteiger charge is -2.24. The van der Waals surface area contributed by atoms with Crippen LogP contribution in [0.2, 0.25) is 0 Å². The van der Waals surface area contributed by atoms with Crippen molar-refractivity contribution in [2.45, 2.75) is 50.9 Å². The number of ether oxygens (including phenoxy) is 1. The van der Waals surface area contributed by atoms with Crippen LogP contribution in [0, 0.1) is 0 Å². The van der Waals surface area contributed by atoms with E-state index in [2.05, 4.69) is 15.6 Å². The van der Waals surface area contributed by atoms with E-state index in [1.165, 1.54) is 0 Å². The molecule has 1 fully saturated rings. The molecule has 0 amide bonds. The summed E-state index contributed by atoms with van der Waals surface area (Å²) in [6, 6.07) is 13.4. The Labute approximate surface area is 160 Å². The normalized spacial score (nSPS) is 18.8. The molecule has 3 unspecified atom stereocenters. The van der Waals surface area contributed by atoms with Crippen molar-refractivity contribution < 1.29 is 14.6 Å². The predicted octanol–water partition coefficient (Wildman–Crippen LogP) is 2.91. The number of aromatic nitrogens is 1. The van der Waals surface area contributed by atoms with E-state index in [9.17, 15) is 4.79 Å². The number of hydrogen-bond donors (Lipinski definition) is 3. The average Bonchev–Trinajstić information content (AvgIpc) is 3.22. The summed E-state index contributed by atoms with van der Waals surface area (Å²) < 4.78 is 6.28. The van der Waals surface area contributed by atoms with Gasteiger partial charge in [-0.25, -0.2) is 0 Å². The molecule has 1 aliphatic heterocycles. The van der Waals surface area contributed by atoms with Crippen LogP contribution in [0.15, 0.2) is 48.7 Å². The van der Waals surface area contributed by atoms with Gasteiger partial charge in [0.15, 0.2) is 6.10 Å². The highest BCUT2D eigenvalue weighted by Crippen LogP contribution is 2.28. The number of hydrogen-bond acceptors (Lipinski definition) is 5. The van der Waals surface area contributed by atoms with Crippen molar-refractivity contribution in [2.75, 3.05) is 6.54 Å². The van der Waals surface area contributed by atoms with Crippen LogP contribution in [0.5, 0.6) is 5.75 Å². The van der Waals surface area contributed by atoms with Crippen LogP contribution < -0.4 is 15.4 Å². The molecule has 27 heavy (non-hydrogen) atoms. The lowest BCUT2D eigenvalue weighted by atomic mass is 10.1. The van der Waals surface area contributed by atoms with Gasteiger partial charge in [0.25, 0.3) is 0 Å². The second kappa shape index (κ2) is 9.48. The fraction of sp³-hybridized carbons (Fsp3) is 0.429. The second-order valence-corrected chi connectivity index (χ2v) is 6.82. The van der Waals surface area contributed by atoms with Gasteiger partial charge in [-0.1, -0.05) is 25.1 Å². The zero-order valence-corrected chi connectivity index (χ0v) is 15.6. The van der Waals surface area contributed by atoms with Crippen molar-refractivity contribution in [3.05, 3.63) is 59.9 Å². The van der Waals surface area contributed by atoms with Gasteiger partial charge in [0.2, 0.25) is 0 Å². The maximum Gasteiger partial charge on any atom is 0.320 e. The van der Waals surface area contributed by atoms with E-state index in [0.29, 0.717) is 13.0 Å². The van der Waals surface area contributed by atoms with Gasteiger partial charge in [-0.05, 0) is 55.6 Å². The SMILES string of the molecule is CCC(NCc1ccc(OC(c2ccccn2)C2CCCN2)cc1)C(=O)O. The first-order chi connectivity index (χ1) is 13.2. The molecule has 2 aromatic rings. The molecule has 1 aliphatic rings. The molecule has 0 spiro atoms. The highest BCUT2D eigenvalue weighted by atomic mass is 16.5.